The van der Waals surface area contributed by atoms with Crippen LogP contribution in [0, 0.1) is 0 Å². The molecule has 1 aromatic heterocycles. The molecule has 1 fully saturated rings. The molecule has 1 aliphatic rings. The molecule has 2 unspecified atom stereocenters. The van der Waals surface area contributed by atoms with E-state index in [4.69, 9.17) is 9.84 Å². The summed E-state index contributed by atoms with van der Waals surface area (Å²) in [7, 11) is 0. The van der Waals surface area contributed by atoms with Gasteiger partial charge in [-0.15, -0.1) is 11.3 Å². The second kappa shape index (κ2) is 5.98. The molecule has 0 radical (unpaired) electrons. The van der Waals surface area contributed by atoms with Crippen LogP contribution in [0.5, 0.6) is 0 Å². The lowest BCUT2D eigenvalue weighted by Gasteiger charge is -2.15. The molecule has 2 heterocycles. The maximum atomic E-state index is 11.7. The zero-order chi connectivity index (χ0) is 13.8. The highest BCUT2D eigenvalue weighted by atomic mass is 32.1. The minimum Gasteiger partial charge on any atom is -0.476 e. The van der Waals surface area contributed by atoms with Crippen molar-refractivity contribution in [3.63, 3.8) is 0 Å². The highest BCUT2D eigenvalue weighted by Crippen LogP contribution is 2.17. The highest BCUT2D eigenvalue weighted by molar-refractivity contribution is 7.09. The van der Waals surface area contributed by atoms with Gasteiger partial charge in [0.15, 0.2) is 5.69 Å². The Balaban J connectivity index is 1.86. The lowest BCUT2D eigenvalue weighted by Crippen LogP contribution is -2.43. The second-order valence-electron chi connectivity index (χ2n) is 4.28. The summed E-state index contributed by atoms with van der Waals surface area (Å²) >= 11 is 1.21. The van der Waals surface area contributed by atoms with Crippen molar-refractivity contribution < 1.29 is 19.4 Å². The molecule has 19 heavy (non-hydrogen) atoms. The molecule has 2 atom stereocenters. The Kier molecular flexibility index (Phi) is 4.33. The van der Waals surface area contributed by atoms with Crippen molar-refractivity contribution in [2.24, 2.45) is 0 Å². The number of carboxylic acid groups (broad SMARTS) is 1. The van der Waals surface area contributed by atoms with Crippen LogP contribution >= 0.6 is 11.3 Å². The summed E-state index contributed by atoms with van der Waals surface area (Å²) in [4.78, 5) is 26.4. The largest absolute Gasteiger partial charge is 0.476 e. The van der Waals surface area contributed by atoms with Gasteiger partial charge in [-0.1, -0.05) is 0 Å². The number of ether oxygens (including phenoxy) is 1. The normalized spacial score (nSPS) is 19.9. The van der Waals surface area contributed by atoms with E-state index in [1.807, 2.05) is 0 Å². The average Bonchev–Trinajstić information content (AvgIpc) is 2.98. The Hall–Kier alpha value is -1.67. The number of carbonyl (C=O) groups excluding carboxylic acids is 1. The van der Waals surface area contributed by atoms with Crippen LogP contribution in [-0.4, -0.2) is 41.3 Å². The van der Waals surface area contributed by atoms with Crippen molar-refractivity contribution in [2.75, 3.05) is 13.2 Å². The minimum atomic E-state index is -1.07. The van der Waals surface area contributed by atoms with Crippen molar-refractivity contribution in [3.8, 4) is 0 Å². The molecule has 1 aromatic rings. The summed E-state index contributed by atoms with van der Waals surface area (Å²) < 4.78 is 5.16. The average molecular weight is 285 g/mol. The molecule has 1 saturated heterocycles. The fourth-order valence-electron chi connectivity index (χ4n) is 1.72. The second-order valence-corrected chi connectivity index (χ2v) is 5.17. The summed E-state index contributed by atoms with van der Waals surface area (Å²) in [5, 5.41) is 16.3. The molecule has 104 valence electrons. The molecule has 2 rings (SSSR count). The van der Waals surface area contributed by atoms with Gasteiger partial charge in [0, 0.05) is 12.0 Å². The molecule has 0 aliphatic carbocycles. The van der Waals surface area contributed by atoms with Gasteiger partial charge in [0.1, 0.15) is 5.01 Å². The molecular formula is C11H15N3O4S. The summed E-state index contributed by atoms with van der Waals surface area (Å²) in [6.07, 6.45) is 0.808. The van der Waals surface area contributed by atoms with Gasteiger partial charge in [-0.2, -0.15) is 0 Å². The Morgan fingerprint density at radius 3 is 3.00 bits per heavy atom. The molecule has 8 heteroatoms. The van der Waals surface area contributed by atoms with Gasteiger partial charge in [-0.05, 0) is 13.3 Å². The summed E-state index contributed by atoms with van der Waals surface area (Å²) in [5.41, 5.74) is -0.00162. The summed E-state index contributed by atoms with van der Waals surface area (Å²) in [6, 6.07) is -0.589. The Bertz CT molecular complexity index is 470. The smallest absolute Gasteiger partial charge is 0.355 e. The van der Waals surface area contributed by atoms with E-state index in [9.17, 15) is 9.59 Å². The zero-order valence-corrected chi connectivity index (χ0v) is 11.2. The first-order valence-electron chi connectivity index (χ1n) is 5.89. The quantitative estimate of drug-likeness (QED) is 0.766. The number of aromatic carboxylic acids is 1. The van der Waals surface area contributed by atoms with E-state index in [2.05, 4.69) is 15.6 Å². The molecule has 0 spiro atoms. The van der Waals surface area contributed by atoms with Crippen LogP contribution in [0.25, 0.3) is 0 Å². The number of amides is 2. The molecule has 2 amide bonds. The Labute approximate surface area is 114 Å². The predicted molar refractivity (Wildman–Crippen MR) is 68.4 cm³/mol. The molecule has 1 aliphatic heterocycles. The number of hydrogen-bond acceptors (Lipinski definition) is 5. The van der Waals surface area contributed by atoms with Gasteiger partial charge < -0.3 is 20.5 Å². The van der Waals surface area contributed by atoms with Crippen LogP contribution in [0.2, 0.25) is 0 Å². The molecule has 0 bridgehead atoms. The van der Waals surface area contributed by atoms with Gasteiger partial charge in [-0.3, -0.25) is 0 Å². The lowest BCUT2D eigenvalue weighted by molar-refractivity contribution is 0.0691. The SMILES string of the molecule is CC(NC(=O)NC1CCOC1)c1nc(C(=O)O)cs1. The van der Waals surface area contributed by atoms with Crippen LogP contribution in [0.4, 0.5) is 4.79 Å². The molecule has 7 nitrogen and oxygen atoms in total. The third-order valence-corrected chi connectivity index (χ3v) is 3.75. The third kappa shape index (κ3) is 3.65. The first-order chi connectivity index (χ1) is 9.06. The first-order valence-corrected chi connectivity index (χ1v) is 6.77. The molecule has 0 aromatic carbocycles. The van der Waals surface area contributed by atoms with Gasteiger partial charge in [0.25, 0.3) is 0 Å². The standard InChI is InChI=1S/C11H15N3O4S/c1-6(9-14-8(5-19-9)10(15)16)12-11(17)13-7-2-3-18-4-7/h5-7H,2-4H2,1H3,(H,15,16)(H2,12,13,17). The number of nitrogens with zero attached hydrogens (tertiary/aromatic N) is 1. The fraction of sp³-hybridized carbons (Fsp3) is 0.545. The van der Waals surface area contributed by atoms with Crippen molar-refractivity contribution in [1.29, 1.82) is 0 Å². The number of thiazole rings is 1. The van der Waals surface area contributed by atoms with Crippen LogP contribution < -0.4 is 10.6 Å². The molecule has 0 saturated carbocycles. The lowest BCUT2D eigenvalue weighted by atomic mass is 10.3. The monoisotopic (exact) mass is 285 g/mol. The first kappa shape index (κ1) is 13.8. The topological polar surface area (TPSA) is 101 Å². The van der Waals surface area contributed by atoms with Gasteiger partial charge in [-0.25, -0.2) is 14.6 Å². The van der Waals surface area contributed by atoms with Gasteiger partial charge >= 0.3 is 12.0 Å². The number of carbonyl (C=O) groups is 2. The number of hydrogen-bond donors (Lipinski definition) is 3. The van der Waals surface area contributed by atoms with E-state index in [0.29, 0.717) is 18.2 Å². The van der Waals surface area contributed by atoms with E-state index in [1.54, 1.807) is 6.92 Å². The van der Waals surface area contributed by atoms with Crippen molar-refractivity contribution in [2.45, 2.75) is 25.4 Å². The fourth-order valence-corrected chi connectivity index (χ4v) is 2.52. The van der Waals surface area contributed by atoms with E-state index < -0.39 is 5.97 Å². The number of carboxylic acids is 1. The predicted octanol–water partition coefficient (Wildman–Crippen LogP) is 0.990. The third-order valence-electron chi connectivity index (χ3n) is 2.72. The maximum absolute atomic E-state index is 11.7. The minimum absolute atomic E-state index is 0.00162. The van der Waals surface area contributed by atoms with E-state index >= 15 is 0 Å². The van der Waals surface area contributed by atoms with E-state index in [1.165, 1.54) is 16.7 Å². The Morgan fingerprint density at radius 1 is 1.63 bits per heavy atom. The molecular weight excluding hydrogens is 270 g/mol. The van der Waals surface area contributed by atoms with Gasteiger partial charge in [0.05, 0.1) is 18.7 Å². The maximum Gasteiger partial charge on any atom is 0.355 e. The van der Waals surface area contributed by atoms with Crippen LogP contribution in [0.3, 0.4) is 0 Å². The van der Waals surface area contributed by atoms with Crippen LogP contribution in [0.1, 0.15) is 34.9 Å². The van der Waals surface area contributed by atoms with E-state index in [-0.39, 0.29) is 23.8 Å². The van der Waals surface area contributed by atoms with Gasteiger partial charge in [0.2, 0.25) is 0 Å². The van der Waals surface area contributed by atoms with Crippen LogP contribution in [0.15, 0.2) is 5.38 Å². The van der Waals surface area contributed by atoms with Crippen molar-refractivity contribution in [3.05, 3.63) is 16.1 Å². The molecule has 3 N–H and O–H groups in total. The number of rotatable bonds is 4. The summed E-state index contributed by atoms with van der Waals surface area (Å²) in [6.45, 7) is 2.95. The number of aromatic nitrogens is 1. The number of urea groups is 1. The Morgan fingerprint density at radius 2 is 2.42 bits per heavy atom. The van der Waals surface area contributed by atoms with Crippen molar-refractivity contribution >= 4 is 23.3 Å². The summed E-state index contributed by atoms with van der Waals surface area (Å²) in [5.74, 6) is -1.07. The van der Waals surface area contributed by atoms with E-state index in [0.717, 1.165) is 6.42 Å². The van der Waals surface area contributed by atoms with Crippen LogP contribution in [-0.2, 0) is 4.74 Å². The zero-order valence-electron chi connectivity index (χ0n) is 10.4. The van der Waals surface area contributed by atoms with Crippen molar-refractivity contribution in [1.82, 2.24) is 15.6 Å². The number of nitrogens with one attached hydrogen (secondary N) is 2. The highest BCUT2D eigenvalue weighted by Gasteiger charge is 2.20.